The fraction of sp³-hybridized carbons (Fsp3) is 0. The molecule has 0 unspecified atom stereocenters. The van der Waals surface area contributed by atoms with E-state index in [1.165, 1.54) is 6.21 Å². The fourth-order valence-electron chi connectivity index (χ4n) is 1.50. The second kappa shape index (κ2) is 6.43. The smallest absolute Gasteiger partial charge is 0.229 e. The van der Waals surface area contributed by atoms with Crippen LogP contribution in [-0.4, -0.2) is 32.9 Å². The minimum absolute atomic E-state index is 0.344. The van der Waals surface area contributed by atoms with E-state index in [9.17, 15) is 5.21 Å². The van der Waals surface area contributed by atoms with Crippen LogP contribution in [0.25, 0.3) is 11.3 Å². The van der Waals surface area contributed by atoms with Gasteiger partial charge in [-0.05, 0) is 0 Å². The molecule has 0 saturated carbocycles. The number of aromatic nitrogens is 2. The van der Waals surface area contributed by atoms with Crippen molar-refractivity contribution in [3.8, 4) is 11.3 Å². The normalized spacial score (nSPS) is 12.2. The van der Waals surface area contributed by atoms with Gasteiger partial charge in [0.25, 0.3) is 0 Å². The van der Waals surface area contributed by atoms with Crippen molar-refractivity contribution >= 4 is 12.2 Å². The lowest BCUT2D eigenvalue weighted by atomic mass is 10.1. The summed E-state index contributed by atoms with van der Waals surface area (Å²) < 4.78 is 0. The van der Waals surface area contributed by atoms with Crippen molar-refractivity contribution in [2.45, 2.75) is 0 Å². The number of rotatable bonds is 4. The molecule has 5 N–H and O–H groups in total. The van der Waals surface area contributed by atoms with Crippen LogP contribution in [0, 0.1) is 5.21 Å². The van der Waals surface area contributed by atoms with Crippen molar-refractivity contribution in [2.75, 3.05) is 0 Å². The van der Waals surface area contributed by atoms with Crippen molar-refractivity contribution in [3.63, 3.8) is 0 Å². The molecule has 0 aliphatic heterocycles. The molecule has 0 aliphatic carbocycles. The summed E-state index contributed by atoms with van der Waals surface area (Å²) in [6, 6.07) is 9.56. The Morgan fingerprint density at radius 2 is 2.20 bits per heavy atom. The Balaban J connectivity index is 2.14. The third kappa shape index (κ3) is 3.62. The third-order valence-electron chi connectivity index (χ3n) is 2.30. The number of hydrazine groups is 1. The Bertz CT molecular complexity index is 606. The second-order valence-electron chi connectivity index (χ2n) is 3.68. The molecular formula is C11H12N7O2-. The summed E-state index contributed by atoms with van der Waals surface area (Å²) in [4.78, 5) is 0. The first-order chi connectivity index (χ1) is 9.66. The highest BCUT2D eigenvalue weighted by Crippen LogP contribution is 2.18. The van der Waals surface area contributed by atoms with Crippen LogP contribution < -0.4 is 11.2 Å². The SMILES string of the molecule is NC(=N/N=C/c1cn[nH]c1-c1ccccc1)NN([O-])O. The van der Waals surface area contributed by atoms with E-state index in [4.69, 9.17) is 10.9 Å². The van der Waals surface area contributed by atoms with Crippen molar-refractivity contribution in [2.24, 2.45) is 15.9 Å². The third-order valence-corrected chi connectivity index (χ3v) is 2.30. The summed E-state index contributed by atoms with van der Waals surface area (Å²) in [6.45, 7) is 0. The van der Waals surface area contributed by atoms with Crippen molar-refractivity contribution in [1.82, 2.24) is 21.0 Å². The molecule has 1 aromatic heterocycles. The van der Waals surface area contributed by atoms with Gasteiger partial charge in [-0.15, -0.1) is 5.10 Å². The van der Waals surface area contributed by atoms with Gasteiger partial charge in [-0.2, -0.15) is 15.5 Å². The zero-order valence-electron chi connectivity index (χ0n) is 10.3. The summed E-state index contributed by atoms with van der Waals surface area (Å²) in [7, 11) is 0. The quantitative estimate of drug-likeness (QED) is 0.362. The van der Waals surface area contributed by atoms with E-state index in [0.717, 1.165) is 11.3 Å². The molecule has 9 nitrogen and oxygen atoms in total. The first-order valence-corrected chi connectivity index (χ1v) is 5.55. The molecular weight excluding hydrogens is 262 g/mol. The van der Waals surface area contributed by atoms with E-state index in [0.29, 0.717) is 5.56 Å². The lowest BCUT2D eigenvalue weighted by Gasteiger charge is -2.19. The summed E-state index contributed by atoms with van der Waals surface area (Å²) in [5.74, 6) is -0.344. The molecule has 9 heteroatoms. The van der Waals surface area contributed by atoms with Gasteiger partial charge in [0.2, 0.25) is 5.96 Å². The molecule has 0 atom stereocenters. The van der Waals surface area contributed by atoms with Crippen molar-refractivity contribution < 1.29 is 5.21 Å². The summed E-state index contributed by atoms with van der Waals surface area (Å²) in [5, 5.41) is 32.0. The van der Waals surface area contributed by atoms with Gasteiger partial charge in [-0.25, -0.2) is 0 Å². The molecule has 104 valence electrons. The highest BCUT2D eigenvalue weighted by Gasteiger charge is 2.04. The number of benzene rings is 1. The van der Waals surface area contributed by atoms with Gasteiger partial charge in [0, 0.05) is 11.1 Å². The summed E-state index contributed by atoms with van der Waals surface area (Å²) in [6.07, 6.45) is 3.00. The maximum Gasteiger partial charge on any atom is 0.229 e. The Morgan fingerprint density at radius 1 is 1.45 bits per heavy atom. The summed E-state index contributed by atoms with van der Waals surface area (Å²) in [5.41, 5.74) is 9.49. The van der Waals surface area contributed by atoms with E-state index in [1.807, 2.05) is 30.3 Å². The molecule has 1 heterocycles. The Morgan fingerprint density at radius 3 is 2.90 bits per heavy atom. The van der Waals surface area contributed by atoms with Gasteiger partial charge in [0.05, 0.1) is 18.1 Å². The molecule has 0 bridgehead atoms. The Labute approximate surface area is 113 Å². The van der Waals surface area contributed by atoms with Gasteiger partial charge in [0.15, 0.2) is 0 Å². The van der Waals surface area contributed by atoms with E-state index < -0.39 is 5.34 Å². The second-order valence-corrected chi connectivity index (χ2v) is 3.68. The molecule has 0 fully saturated rings. The van der Waals surface area contributed by atoms with E-state index in [-0.39, 0.29) is 5.96 Å². The van der Waals surface area contributed by atoms with Gasteiger partial charge >= 0.3 is 0 Å². The molecule has 2 rings (SSSR count). The van der Waals surface area contributed by atoms with Gasteiger partial charge in [-0.1, -0.05) is 30.3 Å². The van der Waals surface area contributed by atoms with Crippen LogP contribution in [0.1, 0.15) is 5.56 Å². The maximum absolute atomic E-state index is 10.2. The highest BCUT2D eigenvalue weighted by molar-refractivity contribution is 5.89. The fourth-order valence-corrected chi connectivity index (χ4v) is 1.50. The van der Waals surface area contributed by atoms with E-state index in [2.05, 4.69) is 20.4 Å². The first-order valence-electron chi connectivity index (χ1n) is 5.55. The van der Waals surface area contributed by atoms with Crippen LogP contribution in [0.5, 0.6) is 0 Å². The van der Waals surface area contributed by atoms with Crippen LogP contribution in [-0.2, 0) is 0 Å². The van der Waals surface area contributed by atoms with Crippen molar-refractivity contribution in [1.29, 1.82) is 0 Å². The average molecular weight is 274 g/mol. The molecule has 0 spiro atoms. The minimum atomic E-state index is -0.568. The van der Waals surface area contributed by atoms with E-state index >= 15 is 0 Å². The molecule has 0 amide bonds. The number of hydrogen-bond acceptors (Lipinski definition) is 6. The molecule has 20 heavy (non-hydrogen) atoms. The number of aromatic amines is 1. The monoisotopic (exact) mass is 274 g/mol. The largest absolute Gasteiger partial charge is 0.744 e. The Kier molecular flexibility index (Phi) is 4.39. The standard InChI is InChI=1S/C11H12N7O2/c12-11(17-18(19)20)16-14-7-9-6-13-15-10(9)8-4-2-1-3-5-8/h1-7,19H,(H,13,15)(H3,12,16,17)/q-1/b14-7+. The number of H-pyrrole nitrogens is 1. The molecule has 1 aromatic carbocycles. The van der Waals surface area contributed by atoms with Crippen LogP contribution >= 0.6 is 0 Å². The van der Waals surface area contributed by atoms with Crippen molar-refractivity contribution in [3.05, 3.63) is 47.3 Å². The molecule has 0 saturated heterocycles. The lowest BCUT2D eigenvalue weighted by molar-refractivity contribution is -0.0680. The van der Waals surface area contributed by atoms with Crippen LogP contribution in [0.15, 0.2) is 46.7 Å². The van der Waals surface area contributed by atoms with E-state index in [1.54, 1.807) is 11.6 Å². The topological polar surface area (TPSA) is 138 Å². The van der Waals surface area contributed by atoms with Crippen LogP contribution in [0.4, 0.5) is 0 Å². The highest BCUT2D eigenvalue weighted by atomic mass is 16.8. The van der Waals surface area contributed by atoms with Crippen LogP contribution in [0.2, 0.25) is 0 Å². The predicted octanol–water partition coefficient (Wildman–Crippen LogP) is 0.419. The zero-order chi connectivity index (χ0) is 14.4. The molecule has 2 aromatic rings. The lowest BCUT2D eigenvalue weighted by Crippen LogP contribution is -2.40. The predicted molar refractivity (Wildman–Crippen MR) is 73.4 cm³/mol. The van der Waals surface area contributed by atoms with Gasteiger partial charge in [0.1, 0.15) is 0 Å². The number of nitrogens with one attached hydrogen (secondary N) is 2. The zero-order valence-corrected chi connectivity index (χ0v) is 10.3. The average Bonchev–Trinajstić information content (AvgIpc) is 2.87. The number of nitrogens with two attached hydrogens (primary N) is 1. The summed E-state index contributed by atoms with van der Waals surface area (Å²) >= 11 is 0. The Hall–Kier alpha value is -2.75. The number of hydrogen-bond donors (Lipinski definition) is 4. The van der Waals surface area contributed by atoms with Gasteiger partial charge < -0.3 is 16.1 Å². The maximum atomic E-state index is 10.2. The molecule has 0 aliphatic rings. The number of guanidine groups is 1. The minimum Gasteiger partial charge on any atom is -0.744 e. The van der Waals surface area contributed by atoms with Gasteiger partial charge in [-0.3, -0.25) is 10.5 Å². The van der Waals surface area contributed by atoms with Crippen LogP contribution in [0.3, 0.4) is 0 Å². The first kappa shape index (κ1) is 13.7. The molecule has 0 radical (unpaired) electrons. The number of nitrogens with zero attached hydrogens (tertiary/aromatic N) is 4.